The summed E-state index contributed by atoms with van der Waals surface area (Å²) in [7, 11) is 0. The molecule has 1 aliphatic heterocycles. The van der Waals surface area contributed by atoms with E-state index >= 15 is 0 Å². The molecule has 84 valence electrons. The third kappa shape index (κ3) is 1.42. The zero-order valence-corrected chi connectivity index (χ0v) is 9.14. The first-order chi connectivity index (χ1) is 7.75. The van der Waals surface area contributed by atoms with Gasteiger partial charge in [0.05, 0.1) is 6.04 Å². The maximum Gasteiger partial charge on any atom is 0.216 e. The Kier molecular flexibility index (Phi) is 2.20. The highest BCUT2D eigenvalue weighted by Crippen LogP contribution is 2.37. The highest BCUT2D eigenvalue weighted by Gasteiger charge is 2.46. The number of hydrogen-bond acceptors (Lipinski definition) is 2. The molecule has 1 aliphatic carbocycles. The van der Waals surface area contributed by atoms with Crippen molar-refractivity contribution in [1.29, 1.82) is 0 Å². The Morgan fingerprint density at radius 1 is 1.31 bits per heavy atom. The average molecular weight is 219 g/mol. The van der Waals surface area contributed by atoms with E-state index in [4.69, 9.17) is 4.74 Å². The van der Waals surface area contributed by atoms with Crippen molar-refractivity contribution in [3.8, 4) is 0 Å². The Balaban J connectivity index is 1.85. The normalized spacial score (nSPS) is 36.8. The Bertz CT molecular complexity index is 417. The number of ether oxygens (including phenoxy) is 1. The number of fused-ring (bicyclic) bond motifs is 1. The molecule has 2 aliphatic rings. The number of alkyl halides is 1. The maximum absolute atomic E-state index is 13.4. The van der Waals surface area contributed by atoms with Gasteiger partial charge in [-0.05, 0) is 12.1 Å². The fourth-order valence-corrected chi connectivity index (χ4v) is 2.48. The molecule has 1 aromatic carbocycles. The minimum atomic E-state index is -0.768. The van der Waals surface area contributed by atoms with Crippen molar-refractivity contribution in [1.82, 2.24) is 0 Å². The van der Waals surface area contributed by atoms with E-state index in [-0.39, 0.29) is 18.1 Å². The second kappa shape index (κ2) is 3.58. The van der Waals surface area contributed by atoms with Crippen molar-refractivity contribution in [2.75, 3.05) is 0 Å². The molecular weight excluding hydrogens is 205 g/mol. The molecule has 1 aromatic rings. The van der Waals surface area contributed by atoms with Crippen LogP contribution in [0.2, 0.25) is 0 Å². The molecule has 1 heterocycles. The van der Waals surface area contributed by atoms with E-state index in [1.165, 1.54) is 0 Å². The molecule has 4 unspecified atom stereocenters. The molecule has 0 amide bonds. The lowest BCUT2D eigenvalue weighted by Crippen LogP contribution is -2.23. The van der Waals surface area contributed by atoms with Gasteiger partial charge in [-0.3, -0.25) is 0 Å². The van der Waals surface area contributed by atoms with E-state index < -0.39 is 6.17 Å². The third-order valence-corrected chi connectivity index (χ3v) is 3.49. The largest absolute Gasteiger partial charge is 0.471 e. The lowest BCUT2D eigenvalue weighted by atomic mass is 10.1. The van der Waals surface area contributed by atoms with Crippen molar-refractivity contribution in [3.63, 3.8) is 0 Å². The van der Waals surface area contributed by atoms with E-state index in [1.807, 2.05) is 37.3 Å². The molecule has 2 nitrogen and oxygen atoms in total. The Morgan fingerprint density at radius 3 is 2.75 bits per heavy atom. The SMILES string of the molecule is CC1C(F)CC2N=C(c3ccccc3)OC21. The molecule has 0 aromatic heterocycles. The fourth-order valence-electron chi connectivity index (χ4n) is 2.48. The van der Waals surface area contributed by atoms with E-state index in [0.29, 0.717) is 12.3 Å². The molecule has 1 fully saturated rings. The van der Waals surface area contributed by atoms with Gasteiger partial charge < -0.3 is 4.74 Å². The number of benzene rings is 1. The van der Waals surface area contributed by atoms with Gasteiger partial charge in [-0.15, -0.1) is 0 Å². The fraction of sp³-hybridized carbons (Fsp3) is 0.462. The van der Waals surface area contributed by atoms with Crippen molar-refractivity contribution < 1.29 is 9.13 Å². The van der Waals surface area contributed by atoms with Gasteiger partial charge in [0.15, 0.2) is 0 Å². The Morgan fingerprint density at radius 2 is 2.06 bits per heavy atom. The van der Waals surface area contributed by atoms with Crippen molar-refractivity contribution in [2.45, 2.75) is 31.7 Å². The smallest absolute Gasteiger partial charge is 0.216 e. The van der Waals surface area contributed by atoms with Crippen molar-refractivity contribution >= 4 is 5.90 Å². The van der Waals surface area contributed by atoms with Gasteiger partial charge in [0.1, 0.15) is 12.3 Å². The van der Waals surface area contributed by atoms with Crippen LogP contribution in [0, 0.1) is 5.92 Å². The minimum absolute atomic E-state index is 0.0141. The number of rotatable bonds is 1. The second-order valence-electron chi connectivity index (χ2n) is 4.56. The van der Waals surface area contributed by atoms with Gasteiger partial charge in [0.25, 0.3) is 0 Å². The summed E-state index contributed by atoms with van der Waals surface area (Å²) in [6, 6.07) is 9.82. The summed E-state index contributed by atoms with van der Waals surface area (Å²) in [5.41, 5.74) is 0.986. The average Bonchev–Trinajstić information content (AvgIpc) is 2.82. The van der Waals surface area contributed by atoms with Gasteiger partial charge in [0.2, 0.25) is 5.90 Å². The summed E-state index contributed by atoms with van der Waals surface area (Å²) in [6.45, 7) is 1.90. The number of aliphatic imine (C=N–C) groups is 1. The number of hydrogen-bond donors (Lipinski definition) is 0. The summed E-state index contributed by atoms with van der Waals surface area (Å²) in [6.07, 6.45) is -0.330. The molecule has 0 radical (unpaired) electrons. The summed E-state index contributed by atoms with van der Waals surface area (Å²) in [5, 5.41) is 0. The predicted octanol–water partition coefficient (Wildman–Crippen LogP) is 2.58. The van der Waals surface area contributed by atoms with E-state index in [1.54, 1.807) is 0 Å². The molecule has 3 heteroatoms. The Labute approximate surface area is 94.1 Å². The van der Waals surface area contributed by atoms with Crippen LogP contribution >= 0.6 is 0 Å². The third-order valence-electron chi connectivity index (χ3n) is 3.49. The first kappa shape index (κ1) is 9.82. The molecule has 16 heavy (non-hydrogen) atoms. The highest BCUT2D eigenvalue weighted by molar-refractivity contribution is 5.95. The summed E-state index contributed by atoms with van der Waals surface area (Å²) in [5.74, 6) is 0.629. The van der Waals surface area contributed by atoms with E-state index in [2.05, 4.69) is 4.99 Å². The standard InChI is InChI=1S/C13H14FNO/c1-8-10(14)7-11-12(8)16-13(15-11)9-5-3-2-4-6-9/h2-6,8,10-12H,7H2,1H3. The van der Waals surface area contributed by atoms with Gasteiger partial charge in [-0.1, -0.05) is 25.1 Å². The predicted molar refractivity (Wildman–Crippen MR) is 60.3 cm³/mol. The molecule has 1 saturated carbocycles. The first-order valence-electron chi connectivity index (χ1n) is 5.69. The van der Waals surface area contributed by atoms with Crippen LogP contribution in [-0.4, -0.2) is 24.2 Å². The lowest BCUT2D eigenvalue weighted by Gasteiger charge is -2.15. The van der Waals surface area contributed by atoms with Crippen LogP contribution in [-0.2, 0) is 4.74 Å². The first-order valence-corrected chi connectivity index (χ1v) is 5.69. The summed E-state index contributed by atoms with van der Waals surface area (Å²) >= 11 is 0. The van der Waals surface area contributed by atoms with Gasteiger partial charge in [0, 0.05) is 17.9 Å². The van der Waals surface area contributed by atoms with Crippen molar-refractivity contribution in [2.24, 2.45) is 10.9 Å². The maximum atomic E-state index is 13.4. The molecule has 0 bridgehead atoms. The zero-order valence-electron chi connectivity index (χ0n) is 9.14. The van der Waals surface area contributed by atoms with Crippen LogP contribution in [0.15, 0.2) is 35.3 Å². The molecule has 0 saturated heterocycles. The van der Waals surface area contributed by atoms with Crippen LogP contribution in [0.1, 0.15) is 18.9 Å². The topological polar surface area (TPSA) is 21.6 Å². The van der Waals surface area contributed by atoms with Gasteiger partial charge in [-0.25, -0.2) is 9.38 Å². The van der Waals surface area contributed by atoms with E-state index in [9.17, 15) is 4.39 Å². The van der Waals surface area contributed by atoms with Crippen molar-refractivity contribution in [3.05, 3.63) is 35.9 Å². The summed E-state index contributed by atoms with van der Waals surface area (Å²) < 4.78 is 19.2. The zero-order chi connectivity index (χ0) is 11.1. The van der Waals surface area contributed by atoms with Crippen LogP contribution in [0.25, 0.3) is 0 Å². The lowest BCUT2D eigenvalue weighted by molar-refractivity contribution is 0.137. The quantitative estimate of drug-likeness (QED) is 0.711. The van der Waals surface area contributed by atoms with E-state index in [0.717, 1.165) is 5.56 Å². The Hall–Kier alpha value is -1.38. The molecule has 0 spiro atoms. The number of halogens is 1. The van der Waals surface area contributed by atoms with Gasteiger partial charge in [-0.2, -0.15) is 0 Å². The molecule has 4 atom stereocenters. The van der Waals surface area contributed by atoms with Crippen LogP contribution < -0.4 is 0 Å². The van der Waals surface area contributed by atoms with Gasteiger partial charge >= 0.3 is 0 Å². The molecular formula is C13H14FNO. The summed E-state index contributed by atoms with van der Waals surface area (Å²) in [4.78, 5) is 4.48. The van der Waals surface area contributed by atoms with Crippen LogP contribution in [0.5, 0.6) is 0 Å². The minimum Gasteiger partial charge on any atom is -0.471 e. The highest BCUT2D eigenvalue weighted by atomic mass is 19.1. The van der Waals surface area contributed by atoms with Crippen LogP contribution in [0.4, 0.5) is 4.39 Å². The monoisotopic (exact) mass is 219 g/mol. The molecule has 0 N–H and O–H groups in total. The van der Waals surface area contributed by atoms with Crippen LogP contribution in [0.3, 0.4) is 0 Å². The number of nitrogens with zero attached hydrogens (tertiary/aromatic N) is 1. The molecule has 3 rings (SSSR count). The second-order valence-corrected chi connectivity index (χ2v) is 4.56.